The van der Waals surface area contributed by atoms with E-state index in [1.54, 1.807) is 11.3 Å². The van der Waals surface area contributed by atoms with E-state index in [0.29, 0.717) is 0 Å². The van der Waals surface area contributed by atoms with Gasteiger partial charge in [0.15, 0.2) is 0 Å². The number of hydrogen-bond donors (Lipinski definition) is 1. The number of hydrogen-bond acceptors (Lipinski definition) is 3. The van der Waals surface area contributed by atoms with E-state index in [0.717, 1.165) is 17.6 Å². The van der Waals surface area contributed by atoms with E-state index < -0.39 is 0 Å². The number of fused-ring (bicyclic) bond motifs is 1. The predicted octanol–water partition coefficient (Wildman–Crippen LogP) is 4.67. The minimum absolute atomic E-state index is 0.838. The molecule has 2 aromatic heterocycles. The van der Waals surface area contributed by atoms with Crippen LogP contribution in [-0.4, -0.2) is 4.98 Å². The van der Waals surface area contributed by atoms with Gasteiger partial charge in [-0.05, 0) is 45.6 Å². The van der Waals surface area contributed by atoms with Gasteiger partial charge in [-0.3, -0.25) is 4.98 Å². The lowest BCUT2D eigenvalue weighted by atomic mass is 10.1. The number of nitrogens with zero attached hydrogens (tertiary/aromatic N) is 1. The summed E-state index contributed by atoms with van der Waals surface area (Å²) in [4.78, 5) is 5.50. The zero-order valence-electron chi connectivity index (χ0n) is 9.56. The van der Waals surface area contributed by atoms with Crippen LogP contribution in [0, 0.1) is 0 Å². The summed E-state index contributed by atoms with van der Waals surface area (Å²) in [5.41, 5.74) is 1.13. The first-order valence-corrected chi connectivity index (χ1v) is 7.25. The number of rotatable bonds is 3. The Hall–Kier alpha value is -1.39. The molecule has 4 heteroatoms. The highest BCUT2D eigenvalue weighted by Crippen LogP contribution is 2.25. The summed E-state index contributed by atoms with van der Waals surface area (Å²) in [6.45, 7) is 0.838. The summed E-state index contributed by atoms with van der Waals surface area (Å²) in [6, 6.07) is 12.5. The second-order valence-electron chi connectivity index (χ2n) is 3.96. The Labute approximate surface area is 118 Å². The molecule has 90 valence electrons. The molecule has 0 aliphatic rings. The van der Waals surface area contributed by atoms with Crippen LogP contribution in [0.15, 0.2) is 52.6 Å². The van der Waals surface area contributed by atoms with Gasteiger partial charge in [0.25, 0.3) is 0 Å². The van der Waals surface area contributed by atoms with Crippen LogP contribution in [0.4, 0.5) is 5.69 Å². The van der Waals surface area contributed by atoms with Crippen LogP contribution in [0.1, 0.15) is 4.88 Å². The van der Waals surface area contributed by atoms with Crippen molar-refractivity contribution >= 4 is 43.7 Å². The number of nitrogens with one attached hydrogen (secondary N) is 1. The van der Waals surface area contributed by atoms with Crippen molar-refractivity contribution in [3.8, 4) is 0 Å². The molecule has 0 spiro atoms. The molecule has 0 aliphatic heterocycles. The summed E-state index contributed by atoms with van der Waals surface area (Å²) in [5.74, 6) is 0. The molecule has 0 saturated heterocycles. The predicted molar refractivity (Wildman–Crippen MR) is 81.1 cm³/mol. The van der Waals surface area contributed by atoms with Crippen LogP contribution >= 0.6 is 27.3 Å². The molecule has 2 heterocycles. The molecule has 1 N–H and O–H groups in total. The number of pyridine rings is 1. The molecule has 0 bridgehead atoms. The van der Waals surface area contributed by atoms with Gasteiger partial charge in [0, 0.05) is 34.9 Å². The number of thiophene rings is 1. The van der Waals surface area contributed by atoms with Crippen LogP contribution in [0.3, 0.4) is 0 Å². The Balaban J connectivity index is 1.86. The first-order chi connectivity index (χ1) is 8.83. The first-order valence-electron chi connectivity index (χ1n) is 5.64. The molecule has 0 saturated carbocycles. The molecule has 3 aromatic rings. The quantitative estimate of drug-likeness (QED) is 0.759. The molecule has 0 unspecified atom stereocenters. The van der Waals surface area contributed by atoms with Gasteiger partial charge in [-0.15, -0.1) is 11.3 Å². The maximum Gasteiger partial charge on any atom is 0.0702 e. The Morgan fingerprint density at radius 3 is 2.94 bits per heavy atom. The Kier molecular flexibility index (Phi) is 3.30. The van der Waals surface area contributed by atoms with Crippen molar-refractivity contribution in [1.82, 2.24) is 4.98 Å². The van der Waals surface area contributed by atoms with Gasteiger partial charge in [0.1, 0.15) is 0 Å². The van der Waals surface area contributed by atoms with E-state index in [4.69, 9.17) is 0 Å². The molecule has 3 rings (SSSR count). The molecule has 0 aliphatic carbocycles. The van der Waals surface area contributed by atoms with Gasteiger partial charge in [0.05, 0.1) is 3.79 Å². The number of benzene rings is 1. The van der Waals surface area contributed by atoms with Crippen molar-refractivity contribution < 1.29 is 0 Å². The van der Waals surface area contributed by atoms with Crippen molar-refractivity contribution in [2.24, 2.45) is 0 Å². The van der Waals surface area contributed by atoms with Crippen LogP contribution in [0.5, 0.6) is 0 Å². The maximum atomic E-state index is 4.19. The van der Waals surface area contributed by atoms with Crippen molar-refractivity contribution in [3.05, 3.63) is 57.5 Å². The van der Waals surface area contributed by atoms with E-state index >= 15 is 0 Å². The summed E-state index contributed by atoms with van der Waals surface area (Å²) in [5, 5.41) is 5.84. The highest BCUT2D eigenvalue weighted by molar-refractivity contribution is 9.11. The molecular formula is C14H11BrN2S. The third kappa shape index (κ3) is 2.40. The van der Waals surface area contributed by atoms with E-state index in [-0.39, 0.29) is 0 Å². The van der Waals surface area contributed by atoms with Gasteiger partial charge >= 0.3 is 0 Å². The van der Waals surface area contributed by atoms with Crippen molar-refractivity contribution in [3.63, 3.8) is 0 Å². The van der Waals surface area contributed by atoms with E-state index in [1.165, 1.54) is 14.0 Å². The number of halogens is 1. The highest BCUT2D eigenvalue weighted by atomic mass is 79.9. The summed E-state index contributed by atoms with van der Waals surface area (Å²) >= 11 is 5.23. The fourth-order valence-corrected chi connectivity index (χ4v) is 3.32. The van der Waals surface area contributed by atoms with Gasteiger partial charge < -0.3 is 5.32 Å². The van der Waals surface area contributed by atoms with E-state index in [9.17, 15) is 0 Å². The topological polar surface area (TPSA) is 24.9 Å². The van der Waals surface area contributed by atoms with Crippen LogP contribution in [0.2, 0.25) is 0 Å². The lowest BCUT2D eigenvalue weighted by molar-refractivity contribution is 1.20. The average molecular weight is 319 g/mol. The van der Waals surface area contributed by atoms with Crippen LogP contribution < -0.4 is 5.32 Å². The molecule has 0 amide bonds. The lowest BCUT2D eigenvalue weighted by Crippen LogP contribution is -1.97. The zero-order chi connectivity index (χ0) is 12.4. The Morgan fingerprint density at radius 2 is 2.11 bits per heavy atom. The summed E-state index contributed by atoms with van der Waals surface area (Å²) in [6.07, 6.45) is 3.73. The SMILES string of the molecule is Brc1ccc(CNc2cccc3ccncc23)s1. The normalized spacial score (nSPS) is 10.7. The lowest BCUT2D eigenvalue weighted by Gasteiger charge is -2.08. The third-order valence-electron chi connectivity index (χ3n) is 2.77. The van der Waals surface area contributed by atoms with Crippen LogP contribution in [-0.2, 0) is 6.54 Å². The van der Waals surface area contributed by atoms with Gasteiger partial charge in [0.2, 0.25) is 0 Å². The Morgan fingerprint density at radius 1 is 1.17 bits per heavy atom. The van der Waals surface area contributed by atoms with Crippen molar-refractivity contribution in [2.45, 2.75) is 6.54 Å². The van der Waals surface area contributed by atoms with Crippen LogP contribution in [0.25, 0.3) is 10.8 Å². The van der Waals surface area contributed by atoms with Gasteiger partial charge in [-0.2, -0.15) is 0 Å². The summed E-state index contributed by atoms with van der Waals surface area (Å²) in [7, 11) is 0. The molecular weight excluding hydrogens is 308 g/mol. The van der Waals surface area contributed by atoms with Crippen molar-refractivity contribution in [1.29, 1.82) is 0 Å². The molecule has 0 atom stereocenters. The largest absolute Gasteiger partial charge is 0.380 e. The number of anilines is 1. The summed E-state index contributed by atoms with van der Waals surface area (Å²) < 4.78 is 1.17. The second-order valence-corrected chi connectivity index (χ2v) is 6.51. The smallest absolute Gasteiger partial charge is 0.0702 e. The fraction of sp³-hybridized carbons (Fsp3) is 0.0714. The second kappa shape index (κ2) is 5.08. The molecule has 0 fully saturated rings. The molecule has 18 heavy (non-hydrogen) atoms. The highest BCUT2D eigenvalue weighted by Gasteiger charge is 2.01. The van der Waals surface area contributed by atoms with Gasteiger partial charge in [-0.25, -0.2) is 0 Å². The Bertz CT molecular complexity index is 673. The van der Waals surface area contributed by atoms with Crippen molar-refractivity contribution in [2.75, 3.05) is 5.32 Å². The molecule has 2 nitrogen and oxygen atoms in total. The third-order valence-corrected chi connectivity index (χ3v) is 4.39. The minimum atomic E-state index is 0.838. The van der Waals surface area contributed by atoms with E-state index in [2.05, 4.69) is 56.6 Å². The minimum Gasteiger partial charge on any atom is -0.380 e. The molecule has 1 aromatic carbocycles. The van der Waals surface area contributed by atoms with E-state index in [1.807, 2.05) is 18.5 Å². The fourth-order valence-electron chi connectivity index (χ4n) is 1.90. The first kappa shape index (κ1) is 11.7. The standard InChI is InChI=1S/C14H11BrN2S/c15-14-5-4-11(18-14)8-17-13-3-1-2-10-6-7-16-9-12(10)13/h1-7,9,17H,8H2. The average Bonchev–Trinajstić information content (AvgIpc) is 2.82. The monoisotopic (exact) mass is 318 g/mol. The van der Waals surface area contributed by atoms with Gasteiger partial charge in [-0.1, -0.05) is 12.1 Å². The zero-order valence-corrected chi connectivity index (χ0v) is 12.0. The molecule has 0 radical (unpaired) electrons. The number of aromatic nitrogens is 1. The maximum absolute atomic E-state index is 4.19.